The summed E-state index contributed by atoms with van der Waals surface area (Å²) in [6, 6.07) is -0.562. The van der Waals surface area contributed by atoms with Crippen molar-refractivity contribution in [2.24, 2.45) is 5.73 Å². The number of urea groups is 1. The van der Waals surface area contributed by atoms with Crippen molar-refractivity contribution in [1.82, 2.24) is 15.5 Å². The molecule has 1 heterocycles. The number of nitrogens with one attached hydrogen (secondary N) is 2. The molecule has 132 valence electrons. The molecule has 7 nitrogen and oxygen atoms in total. The summed E-state index contributed by atoms with van der Waals surface area (Å²) in [6.45, 7) is 2.20. The molecule has 1 saturated carbocycles. The molecule has 2 rings (SSSR count). The van der Waals surface area contributed by atoms with Crippen LogP contribution < -0.4 is 16.4 Å². The number of imide groups is 1. The van der Waals surface area contributed by atoms with Crippen molar-refractivity contribution in [3.05, 3.63) is 0 Å². The van der Waals surface area contributed by atoms with E-state index in [0.29, 0.717) is 19.4 Å². The zero-order valence-corrected chi connectivity index (χ0v) is 14.4. The summed E-state index contributed by atoms with van der Waals surface area (Å²) in [4.78, 5) is 37.6. The highest BCUT2D eigenvalue weighted by molar-refractivity contribution is 6.09. The maximum Gasteiger partial charge on any atom is 0.325 e. The van der Waals surface area contributed by atoms with Crippen LogP contribution in [0.1, 0.15) is 51.9 Å². The fourth-order valence-corrected chi connectivity index (χ4v) is 3.25. The monoisotopic (exact) mass is 346 g/mol. The van der Waals surface area contributed by atoms with Gasteiger partial charge in [0, 0.05) is 12.6 Å². The largest absolute Gasteiger partial charge is 0.351 e. The lowest BCUT2D eigenvalue weighted by Crippen LogP contribution is -2.48. The molecule has 0 aromatic carbocycles. The number of unbranched alkanes of at least 4 members (excludes halogenated alkanes) is 1. The summed E-state index contributed by atoms with van der Waals surface area (Å²) in [5.41, 5.74) is 4.89. The van der Waals surface area contributed by atoms with Crippen molar-refractivity contribution in [3.8, 4) is 0 Å². The fraction of sp³-hybridized carbons (Fsp3) is 0.800. The molecule has 2 fully saturated rings. The van der Waals surface area contributed by atoms with E-state index >= 15 is 0 Å². The summed E-state index contributed by atoms with van der Waals surface area (Å²) in [5, 5.41) is 5.58. The molecule has 8 heteroatoms. The molecule has 2 aliphatic rings. The molecular weight excluding hydrogens is 320 g/mol. The molecule has 0 aromatic rings. The predicted octanol–water partition coefficient (Wildman–Crippen LogP) is 0.907. The maximum absolute atomic E-state index is 12.4. The Kier molecular flexibility index (Phi) is 7.28. The lowest BCUT2D eigenvalue weighted by atomic mass is 9.98. The standard InChI is InChI=1S/C15H26N4O3.ClH/c1-2-3-6-11(9-16)17-12(20)10-19-13(21)15(18-14(19)22)7-4-5-8-15;/h11H,2-10,16H2,1H3,(H,17,20)(H,18,22);1H. The lowest BCUT2D eigenvalue weighted by Gasteiger charge is -2.21. The molecular formula is C15H27ClN4O3. The van der Waals surface area contributed by atoms with Gasteiger partial charge in [0.25, 0.3) is 5.91 Å². The van der Waals surface area contributed by atoms with Gasteiger partial charge in [0.2, 0.25) is 5.91 Å². The van der Waals surface area contributed by atoms with Crippen molar-refractivity contribution in [1.29, 1.82) is 0 Å². The Morgan fingerprint density at radius 1 is 1.39 bits per heavy atom. The van der Waals surface area contributed by atoms with E-state index in [0.717, 1.165) is 37.0 Å². The first-order valence-corrected chi connectivity index (χ1v) is 8.16. The molecule has 1 spiro atoms. The van der Waals surface area contributed by atoms with E-state index in [9.17, 15) is 14.4 Å². The normalized spacial score (nSPS) is 20.3. The predicted molar refractivity (Wildman–Crippen MR) is 89.2 cm³/mol. The second-order valence-electron chi connectivity index (χ2n) is 6.25. The lowest BCUT2D eigenvalue weighted by molar-refractivity contribution is -0.135. The third kappa shape index (κ3) is 4.35. The minimum Gasteiger partial charge on any atom is -0.351 e. The molecule has 1 atom stereocenters. The van der Waals surface area contributed by atoms with Crippen molar-refractivity contribution in [3.63, 3.8) is 0 Å². The summed E-state index contributed by atoms with van der Waals surface area (Å²) in [7, 11) is 0. The summed E-state index contributed by atoms with van der Waals surface area (Å²) in [5.74, 6) is -0.590. The van der Waals surface area contributed by atoms with E-state index in [1.54, 1.807) is 0 Å². The summed E-state index contributed by atoms with van der Waals surface area (Å²) >= 11 is 0. The quantitative estimate of drug-likeness (QED) is 0.596. The van der Waals surface area contributed by atoms with Crippen molar-refractivity contribution < 1.29 is 14.4 Å². The molecule has 4 N–H and O–H groups in total. The highest BCUT2D eigenvalue weighted by Crippen LogP contribution is 2.34. The third-order valence-electron chi connectivity index (χ3n) is 4.56. The molecule has 1 aliphatic carbocycles. The zero-order valence-electron chi connectivity index (χ0n) is 13.6. The van der Waals surface area contributed by atoms with Gasteiger partial charge in [-0.2, -0.15) is 0 Å². The van der Waals surface area contributed by atoms with Crippen LogP contribution in [0.2, 0.25) is 0 Å². The SMILES string of the molecule is CCCCC(CN)NC(=O)CN1C(=O)NC2(CCCC2)C1=O.Cl. The Balaban J connectivity index is 0.00000264. The van der Waals surface area contributed by atoms with Gasteiger partial charge in [0.15, 0.2) is 0 Å². The van der Waals surface area contributed by atoms with Crippen molar-refractivity contribution in [2.75, 3.05) is 13.1 Å². The first-order chi connectivity index (χ1) is 10.5. The van der Waals surface area contributed by atoms with Crippen LogP contribution in [0.4, 0.5) is 4.79 Å². The second-order valence-corrected chi connectivity index (χ2v) is 6.25. The fourth-order valence-electron chi connectivity index (χ4n) is 3.25. The molecule has 1 aliphatic heterocycles. The van der Waals surface area contributed by atoms with Crippen LogP contribution in [0.25, 0.3) is 0 Å². The molecule has 0 bridgehead atoms. The van der Waals surface area contributed by atoms with E-state index < -0.39 is 11.6 Å². The van der Waals surface area contributed by atoms with Crippen molar-refractivity contribution >= 4 is 30.3 Å². The molecule has 23 heavy (non-hydrogen) atoms. The average molecular weight is 347 g/mol. The first-order valence-electron chi connectivity index (χ1n) is 8.16. The first kappa shape index (κ1) is 19.7. The molecule has 1 saturated heterocycles. The number of hydrogen-bond donors (Lipinski definition) is 3. The highest BCUT2D eigenvalue weighted by atomic mass is 35.5. The number of carbonyl (C=O) groups is 3. The summed E-state index contributed by atoms with van der Waals surface area (Å²) < 4.78 is 0. The molecule has 1 unspecified atom stereocenters. The van der Waals surface area contributed by atoms with Gasteiger partial charge in [0.1, 0.15) is 12.1 Å². The molecule has 0 aromatic heterocycles. The Hall–Kier alpha value is -1.34. The van der Waals surface area contributed by atoms with Crippen LogP contribution in [0, 0.1) is 0 Å². The molecule has 4 amide bonds. The minimum absolute atomic E-state index is 0. The number of nitrogens with zero attached hydrogens (tertiary/aromatic N) is 1. The van der Waals surface area contributed by atoms with E-state index in [1.807, 2.05) is 0 Å². The van der Waals surface area contributed by atoms with Crippen LogP contribution in [0.3, 0.4) is 0 Å². The van der Waals surface area contributed by atoms with Crippen LogP contribution in [0.5, 0.6) is 0 Å². The van der Waals surface area contributed by atoms with E-state index in [-0.39, 0.29) is 36.8 Å². The smallest absolute Gasteiger partial charge is 0.325 e. The number of halogens is 1. The van der Waals surface area contributed by atoms with Gasteiger partial charge in [-0.15, -0.1) is 12.4 Å². The van der Waals surface area contributed by atoms with Gasteiger partial charge in [0.05, 0.1) is 0 Å². The topological polar surface area (TPSA) is 105 Å². The maximum atomic E-state index is 12.4. The van der Waals surface area contributed by atoms with Gasteiger partial charge in [-0.1, -0.05) is 32.6 Å². The van der Waals surface area contributed by atoms with Gasteiger partial charge >= 0.3 is 6.03 Å². The van der Waals surface area contributed by atoms with Gasteiger partial charge < -0.3 is 16.4 Å². The van der Waals surface area contributed by atoms with Gasteiger partial charge in [-0.25, -0.2) is 4.79 Å². The van der Waals surface area contributed by atoms with Gasteiger partial charge in [-0.05, 0) is 19.3 Å². The van der Waals surface area contributed by atoms with Crippen LogP contribution in [0.15, 0.2) is 0 Å². The van der Waals surface area contributed by atoms with E-state index in [4.69, 9.17) is 5.73 Å². The van der Waals surface area contributed by atoms with Crippen LogP contribution >= 0.6 is 12.4 Å². The number of rotatable bonds is 7. The summed E-state index contributed by atoms with van der Waals surface area (Å²) in [6.07, 6.45) is 6.00. The Morgan fingerprint density at radius 2 is 2.04 bits per heavy atom. The minimum atomic E-state index is -0.757. The number of nitrogens with two attached hydrogens (primary N) is 1. The van der Waals surface area contributed by atoms with Gasteiger partial charge in [-0.3, -0.25) is 14.5 Å². The number of carbonyl (C=O) groups excluding carboxylic acids is 3. The number of amides is 4. The number of hydrogen-bond acceptors (Lipinski definition) is 4. The Bertz CT molecular complexity index is 452. The second kappa shape index (κ2) is 8.49. The van der Waals surface area contributed by atoms with Crippen LogP contribution in [-0.2, 0) is 9.59 Å². The van der Waals surface area contributed by atoms with Crippen molar-refractivity contribution in [2.45, 2.75) is 63.5 Å². The highest BCUT2D eigenvalue weighted by Gasteiger charge is 2.52. The van der Waals surface area contributed by atoms with Crippen LogP contribution in [-0.4, -0.2) is 47.4 Å². The molecule has 0 radical (unpaired) electrons. The van der Waals surface area contributed by atoms with E-state index in [2.05, 4.69) is 17.6 Å². The third-order valence-corrected chi connectivity index (χ3v) is 4.56. The average Bonchev–Trinajstić information content (AvgIpc) is 3.05. The Morgan fingerprint density at radius 3 is 2.61 bits per heavy atom. The van der Waals surface area contributed by atoms with E-state index in [1.165, 1.54) is 0 Å². The Labute approximate surface area is 143 Å². The zero-order chi connectivity index (χ0) is 16.2.